The van der Waals surface area contributed by atoms with Gasteiger partial charge in [0.2, 0.25) is 0 Å². The smallest absolute Gasteiger partial charge is 0.340 e. The van der Waals surface area contributed by atoms with E-state index in [2.05, 4.69) is 16.6 Å². The standard InChI is InChI=1S/C19H17Cl2N3O6S/c1-2-9-22-19(27)23-17(25)11-30-18(26)13-5-3-4-6-15(13)24-31(28,29)16-10-12(20)7-8-14(16)21/h2-8,10,24H,1,9,11H2,(H2,22,23,25,27). The van der Waals surface area contributed by atoms with Crippen LogP contribution in [0.15, 0.2) is 60.0 Å². The number of ether oxygens (including phenoxy) is 1. The molecule has 2 aromatic rings. The highest BCUT2D eigenvalue weighted by Crippen LogP contribution is 2.28. The highest BCUT2D eigenvalue weighted by molar-refractivity contribution is 7.92. The van der Waals surface area contributed by atoms with Crippen molar-refractivity contribution in [2.75, 3.05) is 17.9 Å². The number of esters is 1. The summed E-state index contributed by atoms with van der Waals surface area (Å²) in [6.07, 6.45) is 1.42. The molecule has 12 heteroatoms. The predicted molar refractivity (Wildman–Crippen MR) is 116 cm³/mol. The number of benzene rings is 2. The van der Waals surface area contributed by atoms with Gasteiger partial charge in [-0.1, -0.05) is 41.4 Å². The van der Waals surface area contributed by atoms with E-state index in [1.54, 1.807) is 0 Å². The van der Waals surface area contributed by atoms with E-state index in [4.69, 9.17) is 27.9 Å². The molecule has 0 spiro atoms. The summed E-state index contributed by atoms with van der Waals surface area (Å²) in [5.74, 6) is -1.86. The zero-order valence-corrected chi connectivity index (χ0v) is 18.2. The second-order valence-electron chi connectivity index (χ2n) is 5.85. The van der Waals surface area contributed by atoms with Gasteiger partial charge in [0, 0.05) is 11.6 Å². The van der Waals surface area contributed by atoms with Gasteiger partial charge >= 0.3 is 12.0 Å². The molecule has 0 unspecified atom stereocenters. The zero-order chi connectivity index (χ0) is 23.0. The molecule has 0 bridgehead atoms. The van der Waals surface area contributed by atoms with Crippen molar-refractivity contribution in [3.63, 3.8) is 0 Å². The second-order valence-corrected chi connectivity index (χ2v) is 8.34. The minimum atomic E-state index is -4.19. The molecule has 0 saturated heterocycles. The molecule has 0 heterocycles. The Morgan fingerprint density at radius 3 is 2.52 bits per heavy atom. The van der Waals surface area contributed by atoms with Crippen molar-refractivity contribution < 1.29 is 27.5 Å². The van der Waals surface area contributed by atoms with Crippen molar-refractivity contribution in [3.8, 4) is 0 Å². The predicted octanol–water partition coefficient (Wildman–Crippen LogP) is 2.96. The van der Waals surface area contributed by atoms with Crippen LogP contribution >= 0.6 is 23.2 Å². The Labute approximate surface area is 188 Å². The number of nitrogens with one attached hydrogen (secondary N) is 3. The van der Waals surface area contributed by atoms with E-state index in [1.807, 2.05) is 5.32 Å². The number of carbonyl (C=O) groups excluding carboxylic acids is 3. The van der Waals surface area contributed by atoms with E-state index < -0.39 is 34.5 Å². The molecule has 3 N–H and O–H groups in total. The molecular weight excluding hydrogens is 469 g/mol. The van der Waals surface area contributed by atoms with Crippen LogP contribution in [0.25, 0.3) is 0 Å². The molecule has 2 aromatic carbocycles. The summed E-state index contributed by atoms with van der Waals surface area (Å²) >= 11 is 11.8. The van der Waals surface area contributed by atoms with Crippen LogP contribution in [0, 0.1) is 0 Å². The molecule has 0 aliphatic heterocycles. The van der Waals surface area contributed by atoms with Gasteiger partial charge in [0.25, 0.3) is 15.9 Å². The van der Waals surface area contributed by atoms with Gasteiger partial charge in [-0.3, -0.25) is 14.8 Å². The molecule has 164 valence electrons. The van der Waals surface area contributed by atoms with Crippen molar-refractivity contribution in [3.05, 3.63) is 70.7 Å². The first-order valence-electron chi connectivity index (χ1n) is 8.56. The number of rotatable bonds is 8. The third kappa shape index (κ3) is 6.99. The normalized spacial score (nSPS) is 10.6. The maximum absolute atomic E-state index is 12.7. The molecule has 0 atom stereocenters. The largest absolute Gasteiger partial charge is 0.452 e. The van der Waals surface area contributed by atoms with Crippen LogP contribution in [0.1, 0.15) is 10.4 Å². The molecule has 0 aromatic heterocycles. The van der Waals surface area contributed by atoms with Gasteiger partial charge in [-0.15, -0.1) is 6.58 Å². The lowest BCUT2D eigenvalue weighted by atomic mass is 10.2. The Morgan fingerprint density at radius 1 is 1.10 bits per heavy atom. The topological polar surface area (TPSA) is 131 Å². The van der Waals surface area contributed by atoms with E-state index in [1.165, 1.54) is 42.5 Å². The molecule has 0 radical (unpaired) electrons. The van der Waals surface area contributed by atoms with E-state index in [-0.39, 0.29) is 32.7 Å². The number of para-hydroxylation sites is 1. The molecular formula is C19H17Cl2N3O6S. The van der Waals surface area contributed by atoms with Gasteiger partial charge in [0.05, 0.1) is 16.3 Å². The highest BCUT2D eigenvalue weighted by atomic mass is 35.5. The van der Waals surface area contributed by atoms with Gasteiger partial charge in [-0.05, 0) is 30.3 Å². The first-order valence-corrected chi connectivity index (χ1v) is 10.8. The SMILES string of the molecule is C=CCNC(=O)NC(=O)COC(=O)c1ccccc1NS(=O)(=O)c1cc(Cl)ccc1Cl. The highest BCUT2D eigenvalue weighted by Gasteiger charge is 2.22. The lowest BCUT2D eigenvalue weighted by Crippen LogP contribution is -2.41. The van der Waals surface area contributed by atoms with Crippen molar-refractivity contribution in [2.45, 2.75) is 4.90 Å². The van der Waals surface area contributed by atoms with Gasteiger partial charge in [0.15, 0.2) is 6.61 Å². The van der Waals surface area contributed by atoms with Gasteiger partial charge in [-0.2, -0.15) is 0 Å². The monoisotopic (exact) mass is 485 g/mol. The Morgan fingerprint density at radius 2 is 1.81 bits per heavy atom. The molecule has 0 fully saturated rings. The molecule has 0 aliphatic carbocycles. The van der Waals surface area contributed by atoms with Crippen LogP contribution in [-0.2, 0) is 19.6 Å². The summed E-state index contributed by atoms with van der Waals surface area (Å²) in [5.41, 5.74) is -0.263. The van der Waals surface area contributed by atoms with Gasteiger partial charge < -0.3 is 10.1 Å². The van der Waals surface area contributed by atoms with E-state index in [0.717, 1.165) is 6.07 Å². The summed E-state index contributed by atoms with van der Waals surface area (Å²) in [6.45, 7) is 2.79. The maximum Gasteiger partial charge on any atom is 0.340 e. The molecule has 9 nitrogen and oxygen atoms in total. The number of urea groups is 1. The van der Waals surface area contributed by atoms with E-state index >= 15 is 0 Å². The van der Waals surface area contributed by atoms with Crippen molar-refractivity contribution in [2.24, 2.45) is 0 Å². The molecule has 0 saturated carbocycles. The molecule has 31 heavy (non-hydrogen) atoms. The number of anilines is 1. The number of imide groups is 1. The Balaban J connectivity index is 2.12. The number of hydrogen-bond donors (Lipinski definition) is 3. The van der Waals surface area contributed by atoms with E-state index in [9.17, 15) is 22.8 Å². The minimum absolute atomic E-state index is 0.0663. The van der Waals surface area contributed by atoms with Gasteiger partial charge in [-0.25, -0.2) is 18.0 Å². The van der Waals surface area contributed by atoms with Crippen LogP contribution in [0.5, 0.6) is 0 Å². The summed E-state index contributed by atoms with van der Waals surface area (Å²) in [7, 11) is -4.19. The fourth-order valence-corrected chi connectivity index (χ4v) is 4.06. The Kier molecular flexibility index (Phi) is 8.43. The lowest BCUT2D eigenvalue weighted by molar-refractivity contribution is -0.123. The van der Waals surface area contributed by atoms with Crippen LogP contribution < -0.4 is 15.4 Å². The third-order valence-electron chi connectivity index (χ3n) is 3.57. The van der Waals surface area contributed by atoms with E-state index in [0.29, 0.717) is 0 Å². The molecule has 0 aliphatic rings. The van der Waals surface area contributed by atoms with Crippen LogP contribution in [0.4, 0.5) is 10.5 Å². The Bertz CT molecular complexity index is 1120. The first kappa shape index (κ1) is 24.2. The second kappa shape index (κ2) is 10.8. The minimum Gasteiger partial charge on any atom is -0.452 e. The number of halogens is 2. The van der Waals surface area contributed by atoms with Crippen molar-refractivity contribution >= 4 is 56.8 Å². The number of hydrogen-bond acceptors (Lipinski definition) is 6. The zero-order valence-electron chi connectivity index (χ0n) is 15.9. The van der Waals surface area contributed by atoms with Crippen LogP contribution in [0.3, 0.4) is 0 Å². The van der Waals surface area contributed by atoms with Crippen molar-refractivity contribution in [1.29, 1.82) is 0 Å². The molecule has 3 amide bonds. The first-order chi connectivity index (χ1) is 14.6. The maximum atomic E-state index is 12.7. The van der Waals surface area contributed by atoms with Crippen LogP contribution in [0.2, 0.25) is 10.0 Å². The fraction of sp³-hybridized carbons (Fsp3) is 0.105. The van der Waals surface area contributed by atoms with Gasteiger partial charge in [0.1, 0.15) is 4.90 Å². The summed E-state index contributed by atoms with van der Waals surface area (Å²) in [4.78, 5) is 35.2. The summed E-state index contributed by atoms with van der Waals surface area (Å²) in [5, 5.41) is 4.36. The lowest BCUT2D eigenvalue weighted by Gasteiger charge is -2.13. The number of amides is 3. The summed E-state index contributed by atoms with van der Waals surface area (Å²) < 4.78 is 32.5. The molecule has 2 rings (SSSR count). The number of carbonyl (C=O) groups is 3. The quantitative estimate of drug-likeness (QED) is 0.389. The fourth-order valence-electron chi connectivity index (χ4n) is 2.21. The third-order valence-corrected chi connectivity index (χ3v) is 5.65. The Hall–Kier alpha value is -3.08. The van der Waals surface area contributed by atoms with Crippen molar-refractivity contribution in [1.82, 2.24) is 10.6 Å². The number of sulfonamides is 1. The average Bonchev–Trinajstić information content (AvgIpc) is 2.72. The summed E-state index contributed by atoms with van der Waals surface area (Å²) in [6, 6.07) is 8.72. The average molecular weight is 486 g/mol. The van der Waals surface area contributed by atoms with Crippen LogP contribution in [-0.4, -0.2) is 39.5 Å².